The number of rotatable bonds is 8. The van der Waals surface area contributed by atoms with Gasteiger partial charge in [-0.25, -0.2) is 0 Å². The topological polar surface area (TPSA) is 99.9 Å². The molecule has 176 valence electrons. The highest BCUT2D eigenvalue weighted by Gasteiger charge is 2.68. The number of amides is 2. The number of benzene rings is 1. The van der Waals surface area contributed by atoms with Crippen LogP contribution in [0.2, 0.25) is 0 Å². The zero-order chi connectivity index (χ0) is 23.1. The van der Waals surface area contributed by atoms with E-state index in [2.05, 4.69) is 19.2 Å². The molecule has 3 aliphatic rings. The molecular weight excluding hydrogens is 408 g/mol. The Morgan fingerprint density at radius 1 is 1.28 bits per heavy atom. The number of hydrogen-bond acceptors (Lipinski definition) is 5. The van der Waals surface area contributed by atoms with E-state index in [-0.39, 0.29) is 35.5 Å². The van der Waals surface area contributed by atoms with Gasteiger partial charge in [0.05, 0.1) is 13.2 Å². The molecule has 0 unspecified atom stereocenters. The third-order valence-corrected chi connectivity index (χ3v) is 8.17. The zero-order valence-electron chi connectivity index (χ0n) is 19.6. The van der Waals surface area contributed by atoms with Crippen LogP contribution in [0, 0.1) is 22.7 Å². The molecule has 1 saturated heterocycles. The van der Waals surface area contributed by atoms with Crippen molar-refractivity contribution in [3.63, 3.8) is 0 Å². The minimum atomic E-state index is -0.533. The van der Waals surface area contributed by atoms with Crippen LogP contribution < -0.4 is 20.5 Å². The van der Waals surface area contributed by atoms with Gasteiger partial charge in [0, 0.05) is 19.1 Å². The maximum atomic E-state index is 12.6. The predicted molar refractivity (Wildman–Crippen MR) is 120 cm³/mol. The van der Waals surface area contributed by atoms with E-state index in [4.69, 9.17) is 19.9 Å². The molecular formula is C25H36N2O5. The summed E-state index contributed by atoms with van der Waals surface area (Å²) in [7, 11) is 1.58. The molecule has 2 amide bonds. The molecule has 0 aromatic heterocycles. The molecule has 1 spiro atoms. The standard InChI is InChI=1S/C25H36N2O5/c1-5-6-21(29)27-23-24(2,3)16-12-17-22(31-10-9-25(17,23)13-16)15-7-8-18(19(11-15)30-4)32-14-20(26)28/h7-8,11,16-17,22-23H,5-6,9-10,12-14H2,1-4H3,(H2,26,28)(H,27,29)/t16-,17-,22-,23-,25-/m1/s1. The first-order valence-corrected chi connectivity index (χ1v) is 11.7. The number of methoxy groups -OCH3 is 1. The normalized spacial score (nSPS) is 32.2. The van der Waals surface area contributed by atoms with Gasteiger partial charge in [-0.1, -0.05) is 26.8 Å². The number of nitrogens with two attached hydrogens (primary N) is 1. The highest BCUT2D eigenvalue weighted by molar-refractivity contribution is 5.76. The van der Waals surface area contributed by atoms with Crippen LogP contribution in [0.25, 0.3) is 0 Å². The summed E-state index contributed by atoms with van der Waals surface area (Å²) in [6.07, 6.45) is 4.58. The largest absolute Gasteiger partial charge is 0.493 e. The van der Waals surface area contributed by atoms with Crippen molar-refractivity contribution in [2.24, 2.45) is 28.4 Å². The Hall–Kier alpha value is -2.28. The van der Waals surface area contributed by atoms with E-state index < -0.39 is 5.91 Å². The number of ether oxygens (including phenoxy) is 3. The van der Waals surface area contributed by atoms with Crippen LogP contribution >= 0.6 is 0 Å². The molecule has 2 bridgehead atoms. The lowest BCUT2D eigenvalue weighted by atomic mass is 9.59. The van der Waals surface area contributed by atoms with Crippen LogP contribution in [0.4, 0.5) is 0 Å². The van der Waals surface area contributed by atoms with E-state index >= 15 is 0 Å². The smallest absolute Gasteiger partial charge is 0.255 e. The molecule has 2 saturated carbocycles. The van der Waals surface area contributed by atoms with E-state index in [1.807, 2.05) is 25.1 Å². The van der Waals surface area contributed by atoms with Crippen molar-refractivity contribution < 1.29 is 23.8 Å². The van der Waals surface area contributed by atoms with E-state index in [1.165, 1.54) is 0 Å². The summed E-state index contributed by atoms with van der Waals surface area (Å²) in [4.78, 5) is 23.7. The summed E-state index contributed by atoms with van der Waals surface area (Å²) in [5.41, 5.74) is 6.37. The van der Waals surface area contributed by atoms with Gasteiger partial charge in [-0.2, -0.15) is 0 Å². The van der Waals surface area contributed by atoms with E-state index in [9.17, 15) is 9.59 Å². The summed E-state index contributed by atoms with van der Waals surface area (Å²) < 4.78 is 17.4. The van der Waals surface area contributed by atoms with Crippen molar-refractivity contribution in [2.75, 3.05) is 20.3 Å². The lowest BCUT2D eigenvalue weighted by Crippen LogP contribution is -2.58. The Bertz CT molecular complexity index is 885. The van der Waals surface area contributed by atoms with Crippen molar-refractivity contribution in [2.45, 2.75) is 65.0 Å². The molecule has 1 heterocycles. The fourth-order valence-corrected chi connectivity index (χ4v) is 6.71. The second-order valence-corrected chi connectivity index (χ2v) is 10.3. The quantitative estimate of drug-likeness (QED) is 0.640. The summed E-state index contributed by atoms with van der Waals surface area (Å²) in [6.45, 7) is 7.15. The molecule has 7 heteroatoms. The SMILES string of the molecule is CCCC(=O)N[C@@H]1C(C)(C)[C@@H]2C[C@@H]3[C@@H](c4ccc(OCC(N)=O)c(OC)c4)OCC[C@@]31C2. The average molecular weight is 445 g/mol. The van der Waals surface area contributed by atoms with Crippen molar-refractivity contribution in [1.82, 2.24) is 5.32 Å². The first-order valence-electron chi connectivity index (χ1n) is 11.7. The van der Waals surface area contributed by atoms with Gasteiger partial charge in [0.15, 0.2) is 18.1 Å². The molecule has 0 radical (unpaired) electrons. The molecule has 1 aliphatic heterocycles. The van der Waals surface area contributed by atoms with Gasteiger partial charge in [-0.05, 0) is 66.0 Å². The first kappa shape index (κ1) is 22.9. The van der Waals surface area contributed by atoms with Crippen LogP contribution in [0.5, 0.6) is 11.5 Å². The second-order valence-electron chi connectivity index (χ2n) is 10.3. The molecule has 3 fully saturated rings. The minimum absolute atomic E-state index is 0.0505. The van der Waals surface area contributed by atoms with Crippen molar-refractivity contribution in [3.8, 4) is 11.5 Å². The Morgan fingerprint density at radius 2 is 2.06 bits per heavy atom. The average Bonchev–Trinajstić information content (AvgIpc) is 3.24. The highest BCUT2D eigenvalue weighted by atomic mass is 16.5. The molecule has 1 aromatic rings. The predicted octanol–water partition coefficient (Wildman–Crippen LogP) is 3.36. The number of carbonyl (C=O) groups excluding carboxylic acids is 2. The number of hydrogen-bond donors (Lipinski definition) is 2. The van der Waals surface area contributed by atoms with Gasteiger partial charge in [-0.3, -0.25) is 9.59 Å². The number of carbonyl (C=O) groups is 2. The molecule has 32 heavy (non-hydrogen) atoms. The van der Waals surface area contributed by atoms with E-state index in [1.54, 1.807) is 7.11 Å². The third kappa shape index (κ3) is 3.74. The van der Waals surface area contributed by atoms with Crippen molar-refractivity contribution in [3.05, 3.63) is 23.8 Å². The second kappa shape index (κ2) is 8.58. The van der Waals surface area contributed by atoms with Crippen LogP contribution in [0.15, 0.2) is 18.2 Å². The summed E-state index contributed by atoms with van der Waals surface area (Å²) in [5, 5.41) is 3.44. The molecule has 2 aliphatic carbocycles. The van der Waals surface area contributed by atoms with Gasteiger partial charge >= 0.3 is 0 Å². The summed E-state index contributed by atoms with van der Waals surface area (Å²) >= 11 is 0. The maximum Gasteiger partial charge on any atom is 0.255 e. The van der Waals surface area contributed by atoms with Crippen molar-refractivity contribution in [1.29, 1.82) is 0 Å². The van der Waals surface area contributed by atoms with Gasteiger partial charge in [0.2, 0.25) is 5.91 Å². The summed E-state index contributed by atoms with van der Waals surface area (Å²) in [6, 6.07) is 5.91. The van der Waals surface area contributed by atoms with Gasteiger partial charge in [-0.15, -0.1) is 0 Å². The Kier molecular flexibility index (Phi) is 6.14. The van der Waals surface area contributed by atoms with Crippen LogP contribution in [-0.2, 0) is 14.3 Å². The molecule has 5 atom stereocenters. The lowest BCUT2D eigenvalue weighted by Gasteiger charge is -2.53. The monoisotopic (exact) mass is 444 g/mol. The van der Waals surface area contributed by atoms with E-state index in [0.717, 1.165) is 31.2 Å². The van der Waals surface area contributed by atoms with Crippen LogP contribution in [0.3, 0.4) is 0 Å². The minimum Gasteiger partial charge on any atom is -0.493 e. The number of primary amides is 1. The maximum absolute atomic E-state index is 12.6. The fourth-order valence-electron chi connectivity index (χ4n) is 6.71. The van der Waals surface area contributed by atoms with E-state index in [0.29, 0.717) is 36.4 Å². The Morgan fingerprint density at radius 3 is 2.75 bits per heavy atom. The van der Waals surface area contributed by atoms with Gasteiger partial charge in [0.25, 0.3) is 5.91 Å². The molecule has 1 aromatic carbocycles. The molecule has 7 nitrogen and oxygen atoms in total. The zero-order valence-corrected chi connectivity index (χ0v) is 19.6. The summed E-state index contributed by atoms with van der Waals surface area (Å²) in [5.74, 6) is 1.57. The Balaban J connectivity index is 1.62. The van der Waals surface area contributed by atoms with Gasteiger partial charge < -0.3 is 25.3 Å². The van der Waals surface area contributed by atoms with Crippen LogP contribution in [0.1, 0.15) is 64.5 Å². The third-order valence-electron chi connectivity index (χ3n) is 8.17. The fraction of sp³-hybridized carbons (Fsp3) is 0.680. The molecule has 3 N–H and O–H groups in total. The Labute approximate surface area is 190 Å². The van der Waals surface area contributed by atoms with Crippen molar-refractivity contribution >= 4 is 11.8 Å². The number of fused-ring (bicyclic) bond motifs is 1. The van der Waals surface area contributed by atoms with Crippen LogP contribution in [-0.4, -0.2) is 38.2 Å². The highest BCUT2D eigenvalue weighted by Crippen LogP contribution is 2.70. The molecule has 4 rings (SSSR count). The van der Waals surface area contributed by atoms with Gasteiger partial charge in [0.1, 0.15) is 0 Å². The lowest BCUT2D eigenvalue weighted by molar-refractivity contribution is -0.137. The number of nitrogens with one attached hydrogen (secondary N) is 1. The first-order chi connectivity index (χ1) is 15.2.